The van der Waals surface area contributed by atoms with Crippen molar-refractivity contribution in [3.63, 3.8) is 0 Å². The van der Waals surface area contributed by atoms with Crippen molar-refractivity contribution in [2.45, 2.75) is 39.3 Å². The molecule has 0 saturated carbocycles. The topological polar surface area (TPSA) is 111 Å². The first-order valence-electron chi connectivity index (χ1n) is 6.94. The fourth-order valence-electron chi connectivity index (χ4n) is 2.34. The van der Waals surface area contributed by atoms with E-state index in [-0.39, 0.29) is 17.9 Å². The standard InChI is InChI=1S/C15H20N4O3/c1-8(2)19-10-6-5-9(12(20)18-14(16)17)7-11(10)22-15(3,4)13(19)21/h5-8H,1-4H3,(H4,16,17,18,20). The van der Waals surface area contributed by atoms with Crippen molar-refractivity contribution in [2.24, 2.45) is 16.5 Å². The lowest BCUT2D eigenvalue weighted by molar-refractivity contribution is -0.133. The molecule has 22 heavy (non-hydrogen) atoms. The Morgan fingerprint density at radius 3 is 2.50 bits per heavy atom. The van der Waals surface area contributed by atoms with Crippen molar-refractivity contribution >= 4 is 23.5 Å². The number of hydrogen-bond donors (Lipinski definition) is 2. The van der Waals surface area contributed by atoms with Crippen LogP contribution in [-0.4, -0.2) is 29.4 Å². The van der Waals surface area contributed by atoms with Gasteiger partial charge in [-0.1, -0.05) is 0 Å². The molecule has 0 radical (unpaired) electrons. The zero-order valence-electron chi connectivity index (χ0n) is 13.1. The average Bonchev–Trinajstić information content (AvgIpc) is 2.37. The largest absolute Gasteiger partial charge is 0.476 e. The van der Waals surface area contributed by atoms with Gasteiger partial charge in [0.05, 0.1) is 5.69 Å². The quantitative estimate of drug-likeness (QED) is 0.625. The summed E-state index contributed by atoms with van der Waals surface area (Å²) >= 11 is 0. The van der Waals surface area contributed by atoms with Gasteiger partial charge in [0.25, 0.3) is 11.8 Å². The number of amides is 2. The third-order valence-corrected chi connectivity index (χ3v) is 3.31. The van der Waals surface area contributed by atoms with Crippen molar-refractivity contribution in [2.75, 3.05) is 4.90 Å². The highest BCUT2D eigenvalue weighted by molar-refractivity contribution is 6.05. The molecule has 0 saturated heterocycles. The fourth-order valence-corrected chi connectivity index (χ4v) is 2.34. The molecule has 0 unspecified atom stereocenters. The molecule has 0 bridgehead atoms. The summed E-state index contributed by atoms with van der Waals surface area (Å²) in [6, 6.07) is 4.75. The van der Waals surface area contributed by atoms with Crippen LogP contribution >= 0.6 is 0 Å². The summed E-state index contributed by atoms with van der Waals surface area (Å²) < 4.78 is 5.75. The molecule has 0 spiro atoms. The molecule has 0 atom stereocenters. The summed E-state index contributed by atoms with van der Waals surface area (Å²) in [6.45, 7) is 7.22. The van der Waals surface area contributed by atoms with E-state index in [0.29, 0.717) is 17.0 Å². The third-order valence-electron chi connectivity index (χ3n) is 3.31. The molecule has 1 heterocycles. The van der Waals surface area contributed by atoms with E-state index in [9.17, 15) is 9.59 Å². The molecule has 0 aliphatic carbocycles. The number of anilines is 1. The molecule has 4 N–H and O–H groups in total. The van der Waals surface area contributed by atoms with Gasteiger partial charge in [-0.05, 0) is 45.9 Å². The number of rotatable bonds is 2. The molecule has 2 amide bonds. The second-order valence-corrected chi connectivity index (χ2v) is 5.91. The van der Waals surface area contributed by atoms with Gasteiger partial charge in [0.15, 0.2) is 11.6 Å². The summed E-state index contributed by atoms with van der Waals surface area (Å²) in [7, 11) is 0. The number of aliphatic imine (C=N–C) groups is 1. The number of carbonyl (C=O) groups is 2. The van der Waals surface area contributed by atoms with Crippen molar-refractivity contribution in [1.82, 2.24) is 0 Å². The minimum Gasteiger partial charge on any atom is -0.476 e. The number of fused-ring (bicyclic) bond motifs is 1. The number of benzene rings is 1. The molecule has 1 aliphatic rings. The van der Waals surface area contributed by atoms with Crippen LogP contribution in [0.1, 0.15) is 38.1 Å². The lowest BCUT2D eigenvalue weighted by atomic mass is 10.0. The van der Waals surface area contributed by atoms with Crippen LogP contribution in [-0.2, 0) is 4.79 Å². The van der Waals surface area contributed by atoms with E-state index in [1.807, 2.05) is 13.8 Å². The second-order valence-electron chi connectivity index (χ2n) is 5.91. The van der Waals surface area contributed by atoms with Crippen molar-refractivity contribution in [3.05, 3.63) is 23.8 Å². The van der Waals surface area contributed by atoms with Gasteiger partial charge in [0.1, 0.15) is 5.75 Å². The molecule has 0 aromatic heterocycles. The van der Waals surface area contributed by atoms with Crippen molar-refractivity contribution in [3.8, 4) is 5.75 Å². The van der Waals surface area contributed by atoms with E-state index >= 15 is 0 Å². The lowest BCUT2D eigenvalue weighted by Gasteiger charge is -2.40. The predicted molar refractivity (Wildman–Crippen MR) is 83.9 cm³/mol. The van der Waals surface area contributed by atoms with E-state index in [1.165, 1.54) is 0 Å². The molecular formula is C15H20N4O3. The number of hydrogen-bond acceptors (Lipinski definition) is 3. The van der Waals surface area contributed by atoms with Gasteiger partial charge in [-0.25, -0.2) is 0 Å². The van der Waals surface area contributed by atoms with Gasteiger partial charge in [-0.2, -0.15) is 4.99 Å². The summed E-state index contributed by atoms with van der Waals surface area (Å²) in [5, 5.41) is 0. The number of guanidine groups is 1. The first-order valence-corrected chi connectivity index (χ1v) is 6.94. The van der Waals surface area contributed by atoms with Gasteiger partial charge in [0, 0.05) is 11.6 Å². The van der Waals surface area contributed by atoms with Crippen LogP contribution in [0.25, 0.3) is 0 Å². The highest BCUT2D eigenvalue weighted by Crippen LogP contribution is 2.39. The van der Waals surface area contributed by atoms with E-state index in [1.54, 1.807) is 36.9 Å². The molecule has 1 aromatic carbocycles. The van der Waals surface area contributed by atoms with Crippen LogP contribution in [0.15, 0.2) is 23.2 Å². The lowest BCUT2D eigenvalue weighted by Crippen LogP contribution is -2.54. The van der Waals surface area contributed by atoms with Gasteiger partial charge in [-0.15, -0.1) is 0 Å². The van der Waals surface area contributed by atoms with Gasteiger partial charge < -0.3 is 21.1 Å². The molecule has 0 fully saturated rings. The minimum atomic E-state index is -1.00. The van der Waals surface area contributed by atoms with Crippen molar-refractivity contribution < 1.29 is 14.3 Å². The Hall–Kier alpha value is -2.57. The summed E-state index contributed by atoms with van der Waals surface area (Å²) in [5.74, 6) is -0.534. The second kappa shape index (κ2) is 5.32. The Morgan fingerprint density at radius 2 is 1.95 bits per heavy atom. The Kier molecular flexibility index (Phi) is 3.83. The van der Waals surface area contributed by atoms with Crippen molar-refractivity contribution in [1.29, 1.82) is 0 Å². The summed E-state index contributed by atoms with van der Waals surface area (Å²) in [4.78, 5) is 29.6. The van der Waals surface area contributed by atoms with E-state index in [2.05, 4.69) is 4.99 Å². The Bertz CT molecular complexity index is 661. The predicted octanol–water partition coefficient (Wildman–Crippen LogP) is 1.01. The Balaban J connectivity index is 2.52. The van der Waals surface area contributed by atoms with Crippen LogP contribution in [0.2, 0.25) is 0 Å². The average molecular weight is 304 g/mol. The first kappa shape index (κ1) is 15.8. The molecule has 7 nitrogen and oxygen atoms in total. The first-order chi connectivity index (χ1) is 10.1. The highest BCUT2D eigenvalue weighted by Gasteiger charge is 2.42. The SMILES string of the molecule is CC(C)N1C(=O)C(C)(C)Oc2cc(C(=O)N=C(N)N)ccc21. The molecule has 2 rings (SSSR count). The van der Waals surface area contributed by atoms with Crippen LogP contribution in [0.3, 0.4) is 0 Å². The fraction of sp³-hybridized carbons (Fsp3) is 0.400. The van der Waals surface area contributed by atoms with Gasteiger partial charge in [-0.3, -0.25) is 9.59 Å². The van der Waals surface area contributed by atoms with Crippen LogP contribution in [0.4, 0.5) is 5.69 Å². The maximum Gasteiger partial charge on any atom is 0.280 e. The van der Waals surface area contributed by atoms with E-state index in [0.717, 1.165) is 0 Å². The monoisotopic (exact) mass is 304 g/mol. The van der Waals surface area contributed by atoms with Crippen LogP contribution in [0, 0.1) is 0 Å². The third kappa shape index (κ3) is 2.74. The minimum absolute atomic E-state index is 0.0336. The molecule has 118 valence electrons. The summed E-state index contributed by atoms with van der Waals surface area (Å²) in [5.41, 5.74) is 10.3. The molecular weight excluding hydrogens is 284 g/mol. The number of nitrogens with zero attached hydrogens (tertiary/aromatic N) is 2. The maximum atomic E-state index is 12.5. The Morgan fingerprint density at radius 1 is 1.32 bits per heavy atom. The van der Waals surface area contributed by atoms with Gasteiger partial charge >= 0.3 is 0 Å². The number of nitrogens with two attached hydrogens (primary N) is 2. The molecule has 1 aliphatic heterocycles. The maximum absolute atomic E-state index is 12.5. The molecule has 7 heteroatoms. The van der Waals surface area contributed by atoms with E-state index in [4.69, 9.17) is 16.2 Å². The van der Waals surface area contributed by atoms with Crippen LogP contribution in [0.5, 0.6) is 5.75 Å². The zero-order valence-corrected chi connectivity index (χ0v) is 13.1. The van der Waals surface area contributed by atoms with Crippen LogP contribution < -0.4 is 21.1 Å². The number of carbonyl (C=O) groups excluding carboxylic acids is 2. The molecule has 1 aromatic rings. The zero-order chi connectivity index (χ0) is 16.7. The highest BCUT2D eigenvalue weighted by atomic mass is 16.5. The van der Waals surface area contributed by atoms with Gasteiger partial charge in [0.2, 0.25) is 0 Å². The van der Waals surface area contributed by atoms with E-state index < -0.39 is 11.5 Å². The normalized spacial score (nSPS) is 16.0. The number of ether oxygens (including phenoxy) is 1. The smallest absolute Gasteiger partial charge is 0.280 e. The Labute approximate surface area is 128 Å². The summed E-state index contributed by atoms with van der Waals surface area (Å²) in [6.07, 6.45) is 0.